The molecule has 5 rings (SSSR count). The summed E-state index contributed by atoms with van der Waals surface area (Å²) in [6.07, 6.45) is 8.22. The molecule has 2 aliphatic heterocycles. The third kappa shape index (κ3) is 33.2. The van der Waals surface area contributed by atoms with Crippen LogP contribution in [0.3, 0.4) is 0 Å². The number of ether oxygens (including phenoxy) is 3. The highest BCUT2D eigenvalue weighted by atomic mass is 32.2. The number of unbranched alkanes of at least 4 members (excludes halogenated alkanes) is 4. The van der Waals surface area contributed by atoms with Crippen molar-refractivity contribution in [2.45, 2.75) is 217 Å². The van der Waals surface area contributed by atoms with E-state index in [4.69, 9.17) is 31.4 Å². The highest BCUT2D eigenvalue weighted by Crippen LogP contribution is 2.33. The molecule has 35 heteroatoms. The summed E-state index contributed by atoms with van der Waals surface area (Å²) in [5.41, 5.74) is 18.9. The van der Waals surface area contributed by atoms with Crippen LogP contribution in [0.15, 0.2) is 36.5 Å². The van der Waals surface area contributed by atoms with E-state index in [1.54, 1.807) is 24.7 Å². The van der Waals surface area contributed by atoms with Crippen molar-refractivity contribution in [3.05, 3.63) is 47.9 Å². The van der Waals surface area contributed by atoms with E-state index >= 15 is 0 Å². The molecule has 4 heterocycles. The SMILES string of the molecule is CC(=O)NC(CCCCn1cc(CC(NC(C)=O)C(=O)N[C@H](Cc2cc3ccccc3[nH]2)C(=O)N[C@H](CCCCN)C(=O)N[C@@H](C(=O)N[C@H](CCCCN)C(=O)N[C@H](CC(C)C)C(N)=O)C(C)C)nn1)C(=O)NCCOCCOCCOCCC(=O)NCCNC(=O)CCCCC1SCC2NC(=O)NC21. The van der Waals surface area contributed by atoms with Crippen molar-refractivity contribution in [2.75, 3.05) is 78.1 Å². The van der Waals surface area contributed by atoms with Crippen molar-refractivity contribution in [1.29, 1.82) is 0 Å². The first-order valence-corrected chi connectivity index (χ1v) is 37.8. The summed E-state index contributed by atoms with van der Waals surface area (Å²) in [6, 6.07) is 1.48. The minimum atomic E-state index is -1.34. The summed E-state index contributed by atoms with van der Waals surface area (Å²) in [5.74, 6) is -5.47. The zero-order valence-corrected chi connectivity index (χ0v) is 62.5. The molecular formula is C70H115N19O15S. The van der Waals surface area contributed by atoms with Gasteiger partial charge < -0.3 is 100 Å². The van der Waals surface area contributed by atoms with Crippen LogP contribution in [0.5, 0.6) is 0 Å². The molecule has 34 nitrogen and oxygen atoms in total. The Balaban J connectivity index is 1.05. The van der Waals surface area contributed by atoms with E-state index in [1.165, 1.54) is 13.8 Å². The zero-order chi connectivity index (χ0) is 76.6. The Morgan fingerprint density at radius 3 is 1.76 bits per heavy atom. The number of aryl methyl sites for hydroxylation is 1. The number of H-pyrrole nitrogens is 1. The van der Waals surface area contributed by atoms with Crippen LogP contribution in [0.2, 0.25) is 0 Å². The number of nitrogens with zero attached hydrogens (tertiary/aromatic N) is 3. The predicted octanol–water partition coefficient (Wildman–Crippen LogP) is -0.892. The molecule has 2 aromatic heterocycles. The van der Waals surface area contributed by atoms with Crippen molar-refractivity contribution in [2.24, 2.45) is 29.0 Å². The first-order chi connectivity index (χ1) is 50.3. The molecule has 0 bridgehead atoms. The Bertz CT molecular complexity index is 3230. The molecule has 0 aliphatic carbocycles. The van der Waals surface area contributed by atoms with Gasteiger partial charge in [-0.15, -0.1) is 5.10 Å². The molecule has 586 valence electrons. The number of thioether (sulfide) groups is 1. The third-order valence-electron chi connectivity index (χ3n) is 17.5. The molecule has 10 atom stereocenters. The van der Waals surface area contributed by atoms with Crippen molar-refractivity contribution in [1.82, 2.24) is 83.8 Å². The normalized spacial score (nSPS) is 16.6. The molecule has 105 heavy (non-hydrogen) atoms. The molecule has 5 unspecified atom stereocenters. The Kier molecular flexibility index (Phi) is 39.7. The maximum absolute atomic E-state index is 14.7. The van der Waals surface area contributed by atoms with Crippen LogP contribution >= 0.6 is 11.8 Å². The van der Waals surface area contributed by atoms with Gasteiger partial charge in [-0.05, 0) is 119 Å². The number of nitrogens with one attached hydrogen (secondary N) is 13. The number of primary amides is 1. The first-order valence-electron chi connectivity index (χ1n) is 36.8. The lowest BCUT2D eigenvalue weighted by Gasteiger charge is -2.29. The lowest BCUT2D eigenvalue weighted by molar-refractivity contribution is -0.136. The maximum atomic E-state index is 14.7. The Morgan fingerprint density at radius 2 is 1.14 bits per heavy atom. The fourth-order valence-corrected chi connectivity index (χ4v) is 13.6. The maximum Gasteiger partial charge on any atom is 0.315 e. The molecule has 19 N–H and O–H groups in total. The monoisotopic (exact) mass is 1490 g/mol. The first kappa shape index (κ1) is 87.1. The number of amides is 13. The summed E-state index contributed by atoms with van der Waals surface area (Å²) in [4.78, 5) is 161. The average Bonchev–Trinajstić information content (AvgIpc) is 1.28. The smallest absolute Gasteiger partial charge is 0.315 e. The number of hydrogen-bond acceptors (Lipinski definition) is 20. The van der Waals surface area contributed by atoms with E-state index in [1.807, 2.05) is 55.9 Å². The number of aromatic nitrogens is 4. The van der Waals surface area contributed by atoms with Crippen molar-refractivity contribution >= 4 is 93.7 Å². The van der Waals surface area contributed by atoms with Gasteiger partial charge in [0.25, 0.3) is 0 Å². The van der Waals surface area contributed by atoms with E-state index < -0.39 is 95.5 Å². The number of carbonyl (C=O) groups is 12. The zero-order valence-electron chi connectivity index (χ0n) is 61.7. The van der Waals surface area contributed by atoms with E-state index in [9.17, 15) is 57.5 Å². The van der Waals surface area contributed by atoms with Crippen LogP contribution in [-0.2, 0) is 86.3 Å². The van der Waals surface area contributed by atoms with Crippen LogP contribution in [0, 0.1) is 11.8 Å². The summed E-state index contributed by atoms with van der Waals surface area (Å²) in [5, 5.41) is 43.2. The fourth-order valence-electron chi connectivity index (χ4n) is 12.1. The molecule has 0 radical (unpaired) electrons. The van der Waals surface area contributed by atoms with Gasteiger partial charge >= 0.3 is 6.03 Å². The van der Waals surface area contributed by atoms with Crippen LogP contribution in [-0.4, -0.2) is 229 Å². The average molecular weight is 1490 g/mol. The summed E-state index contributed by atoms with van der Waals surface area (Å²) < 4.78 is 18.2. The number of benzene rings is 1. The quantitative estimate of drug-likeness (QED) is 0.0241. The molecule has 2 fully saturated rings. The molecule has 13 amide bonds. The molecule has 1 aromatic carbocycles. The van der Waals surface area contributed by atoms with Crippen molar-refractivity contribution < 1.29 is 71.7 Å². The van der Waals surface area contributed by atoms with Crippen LogP contribution in [0.4, 0.5) is 4.79 Å². The number of carbonyl (C=O) groups excluding carboxylic acids is 12. The van der Waals surface area contributed by atoms with Gasteiger partial charge in [0.05, 0.1) is 57.4 Å². The lowest BCUT2D eigenvalue weighted by Crippen LogP contribution is -2.60. The number of nitrogens with two attached hydrogens (primary N) is 3. The van der Waals surface area contributed by atoms with Gasteiger partial charge in [-0.1, -0.05) is 57.5 Å². The Morgan fingerprint density at radius 1 is 0.590 bits per heavy atom. The summed E-state index contributed by atoms with van der Waals surface area (Å²) in [7, 11) is 0. The van der Waals surface area contributed by atoms with Crippen LogP contribution < -0.4 is 81.0 Å². The second-order valence-corrected chi connectivity index (χ2v) is 28.6. The standard InChI is InChI=1S/C70H115N19O15S/c1-43(2)37-54(63(73)94)82-65(96)52(19-11-14-25-71)81-69(100)61(44(3)4)85-66(97)53(20-12-15-26-72)80-68(99)56(39-48-38-47-17-7-8-18-50(47)79-48)83-67(98)55(78-46(6)91)40-49-41-89(88-87-49)30-16-13-21-51(77-45(5)90)64(95)76-29-32-103-34-36-104-35-33-102-31-24-60(93)75-28-27-74-59(92)23-10-9-22-58-62-57(42-105-58)84-70(101)86-62/h7-8,17-18,38,41,43-44,51-58,61-62,79H,9-16,19-37,39-40,42,71-72H2,1-6H3,(H2,73,94)(H,74,92)(H,75,93)(H,76,95)(H,77,90)(H,78,91)(H,80,99)(H,81,100)(H,82,96)(H,83,98)(H,85,97)(H2,84,86,101)/t51?,52-,53-,54-,55?,56-,57?,58?,61-,62?/m1/s1. The third-order valence-corrected chi connectivity index (χ3v) is 19.1. The molecule has 3 aromatic rings. The van der Waals surface area contributed by atoms with Gasteiger partial charge in [0.2, 0.25) is 65.0 Å². The number of para-hydroxylation sites is 1. The highest BCUT2D eigenvalue weighted by Gasteiger charge is 2.43. The van der Waals surface area contributed by atoms with Crippen molar-refractivity contribution in [3.8, 4) is 0 Å². The van der Waals surface area contributed by atoms with Gasteiger partial charge in [0, 0.05) is 94.1 Å². The van der Waals surface area contributed by atoms with Crippen LogP contribution in [0.1, 0.15) is 149 Å². The van der Waals surface area contributed by atoms with E-state index in [0.717, 1.165) is 35.9 Å². The largest absolute Gasteiger partial charge is 0.379 e. The number of rotatable bonds is 54. The molecule has 0 saturated carbocycles. The second-order valence-electron chi connectivity index (χ2n) is 27.3. The van der Waals surface area contributed by atoms with E-state index in [-0.39, 0.29) is 133 Å². The number of urea groups is 1. The van der Waals surface area contributed by atoms with Crippen molar-refractivity contribution in [3.63, 3.8) is 0 Å². The number of fused-ring (bicyclic) bond motifs is 2. The topological polar surface area (TPSA) is 501 Å². The van der Waals surface area contributed by atoms with Gasteiger partial charge in [-0.3, -0.25) is 57.4 Å². The van der Waals surface area contributed by atoms with E-state index in [0.29, 0.717) is 94.2 Å². The summed E-state index contributed by atoms with van der Waals surface area (Å²) in [6.45, 7) is 12.9. The van der Waals surface area contributed by atoms with Crippen LogP contribution in [0.25, 0.3) is 10.9 Å². The van der Waals surface area contributed by atoms with Gasteiger partial charge in [-0.25, -0.2) is 4.79 Å². The van der Waals surface area contributed by atoms with E-state index in [2.05, 4.69) is 79.1 Å². The fraction of sp³-hybridized carbons (Fsp3) is 0.686. The molecular weight excluding hydrogens is 1380 g/mol. The molecule has 0 spiro atoms. The Hall–Kier alpha value is -8.51. The minimum absolute atomic E-state index is 0.0141. The van der Waals surface area contributed by atoms with Gasteiger partial charge in [0.15, 0.2) is 0 Å². The highest BCUT2D eigenvalue weighted by molar-refractivity contribution is 8.00. The number of aromatic amines is 1. The second kappa shape index (κ2) is 47.8. The minimum Gasteiger partial charge on any atom is -0.379 e. The summed E-state index contributed by atoms with van der Waals surface area (Å²) >= 11 is 1.85. The lowest BCUT2D eigenvalue weighted by atomic mass is 9.99. The molecule has 2 saturated heterocycles. The van der Waals surface area contributed by atoms with Gasteiger partial charge in [0.1, 0.15) is 42.3 Å². The van der Waals surface area contributed by atoms with Gasteiger partial charge in [-0.2, -0.15) is 11.8 Å². The number of hydrogen-bond donors (Lipinski definition) is 16. The Labute approximate surface area is 618 Å². The molecule has 2 aliphatic rings. The predicted molar refractivity (Wildman–Crippen MR) is 394 cm³/mol.